The van der Waals surface area contributed by atoms with Gasteiger partial charge in [0.1, 0.15) is 17.4 Å². The summed E-state index contributed by atoms with van der Waals surface area (Å²) in [6.45, 7) is 0. The molecule has 0 spiro atoms. The molecule has 3 rings (SSSR count). The van der Waals surface area contributed by atoms with E-state index in [2.05, 4.69) is 0 Å². The molecular formula is C20H12ClNO2. The van der Waals surface area contributed by atoms with Gasteiger partial charge in [-0.15, -0.1) is 0 Å². The Labute approximate surface area is 144 Å². The third kappa shape index (κ3) is 3.29. The van der Waals surface area contributed by atoms with Crippen molar-refractivity contribution < 1.29 is 9.53 Å². The van der Waals surface area contributed by atoms with Gasteiger partial charge in [0.2, 0.25) is 0 Å². The predicted molar refractivity (Wildman–Crippen MR) is 94.6 cm³/mol. The fourth-order valence-electron chi connectivity index (χ4n) is 2.33. The molecular weight excluding hydrogens is 322 g/mol. The van der Waals surface area contributed by atoms with Crippen LogP contribution < -0.4 is 4.74 Å². The van der Waals surface area contributed by atoms with Gasteiger partial charge in [0.15, 0.2) is 0 Å². The van der Waals surface area contributed by atoms with E-state index in [0.717, 1.165) is 16.3 Å². The maximum absolute atomic E-state index is 12.3. The van der Waals surface area contributed by atoms with Crippen molar-refractivity contribution >= 4 is 34.4 Å². The van der Waals surface area contributed by atoms with E-state index in [4.69, 9.17) is 16.3 Å². The number of carbonyl (C=O) groups excluding carboxylic acids is 1. The molecule has 4 heteroatoms. The molecule has 3 aromatic rings. The minimum Gasteiger partial charge on any atom is -0.422 e. The minimum absolute atomic E-state index is 0.0692. The van der Waals surface area contributed by atoms with Crippen LogP contribution in [0.4, 0.5) is 0 Å². The molecule has 0 N–H and O–H groups in total. The van der Waals surface area contributed by atoms with Gasteiger partial charge in [-0.25, -0.2) is 4.79 Å². The topological polar surface area (TPSA) is 50.1 Å². The number of esters is 1. The second-order valence-electron chi connectivity index (χ2n) is 5.06. The second kappa shape index (κ2) is 6.99. The Kier molecular flexibility index (Phi) is 4.60. The third-order valence-electron chi connectivity index (χ3n) is 3.48. The first-order chi connectivity index (χ1) is 11.7. The molecule has 0 unspecified atom stereocenters. The number of hydrogen-bond acceptors (Lipinski definition) is 3. The van der Waals surface area contributed by atoms with Crippen LogP contribution in [0.3, 0.4) is 0 Å². The van der Waals surface area contributed by atoms with Crippen molar-refractivity contribution in [2.24, 2.45) is 0 Å². The first kappa shape index (κ1) is 15.8. The third-order valence-corrected chi connectivity index (χ3v) is 3.81. The number of hydrogen-bond donors (Lipinski definition) is 0. The lowest BCUT2D eigenvalue weighted by molar-refractivity contribution is -0.129. The van der Waals surface area contributed by atoms with Gasteiger partial charge in [-0.2, -0.15) is 5.26 Å². The maximum atomic E-state index is 12.3. The van der Waals surface area contributed by atoms with E-state index >= 15 is 0 Å². The van der Waals surface area contributed by atoms with E-state index in [1.807, 2.05) is 60.7 Å². The van der Waals surface area contributed by atoms with Crippen LogP contribution in [0, 0.1) is 11.3 Å². The molecule has 0 fully saturated rings. The van der Waals surface area contributed by atoms with Crippen LogP contribution in [0.25, 0.3) is 16.8 Å². The monoisotopic (exact) mass is 333 g/mol. The molecule has 3 nitrogen and oxygen atoms in total. The molecule has 0 aliphatic heterocycles. The first-order valence-electron chi connectivity index (χ1n) is 7.25. The molecule has 116 valence electrons. The standard InChI is InChI=1S/C20H12ClNO2/c21-18-10-11-19(17-9-5-4-8-16(17)18)24-20(23)15(13-22)12-14-6-2-1-3-7-14/h1-12H. The van der Waals surface area contributed by atoms with Crippen LogP contribution >= 0.6 is 11.6 Å². The molecule has 0 saturated carbocycles. The van der Waals surface area contributed by atoms with Crippen LogP contribution in [0.15, 0.2) is 72.3 Å². The Morgan fingerprint density at radius 3 is 2.33 bits per heavy atom. The lowest BCUT2D eigenvalue weighted by Gasteiger charge is -2.08. The Morgan fingerprint density at radius 1 is 0.958 bits per heavy atom. The largest absolute Gasteiger partial charge is 0.422 e. The van der Waals surface area contributed by atoms with E-state index in [-0.39, 0.29) is 5.57 Å². The normalized spacial score (nSPS) is 11.1. The molecule has 0 atom stereocenters. The van der Waals surface area contributed by atoms with E-state index in [1.54, 1.807) is 12.1 Å². The lowest BCUT2D eigenvalue weighted by atomic mass is 10.1. The Bertz CT molecular complexity index is 972. The quantitative estimate of drug-likeness (QED) is 0.293. The van der Waals surface area contributed by atoms with Crippen molar-refractivity contribution in [1.82, 2.24) is 0 Å². The highest BCUT2D eigenvalue weighted by molar-refractivity contribution is 6.35. The van der Waals surface area contributed by atoms with Crippen LogP contribution in [0.5, 0.6) is 5.75 Å². The highest BCUT2D eigenvalue weighted by Gasteiger charge is 2.14. The highest BCUT2D eigenvalue weighted by Crippen LogP contribution is 2.31. The molecule has 0 aromatic heterocycles. The molecule has 0 aliphatic rings. The Balaban J connectivity index is 1.94. The van der Waals surface area contributed by atoms with E-state index in [9.17, 15) is 10.1 Å². The smallest absolute Gasteiger partial charge is 0.354 e. The van der Waals surface area contributed by atoms with Gasteiger partial charge < -0.3 is 4.74 Å². The van der Waals surface area contributed by atoms with Crippen molar-refractivity contribution in [3.05, 3.63) is 82.9 Å². The molecule has 0 aliphatic carbocycles. The zero-order valence-electron chi connectivity index (χ0n) is 12.6. The van der Waals surface area contributed by atoms with Crippen molar-refractivity contribution in [3.63, 3.8) is 0 Å². The number of nitriles is 1. The van der Waals surface area contributed by atoms with Crippen molar-refractivity contribution in [3.8, 4) is 11.8 Å². The van der Waals surface area contributed by atoms with Crippen molar-refractivity contribution in [1.29, 1.82) is 5.26 Å². The SMILES string of the molecule is N#CC(=Cc1ccccc1)C(=O)Oc1ccc(Cl)c2ccccc12. The zero-order valence-corrected chi connectivity index (χ0v) is 13.3. The zero-order chi connectivity index (χ0) is 16.9. The average molecular weight is 334 g/mol. The summed E-state index contributed by atoms with van der Waals surface area (Å²) in [7, 11) is 0. The summed E-state index contributed by atoms with van der Waals surface area (Å²) < 4.78 is 5.42. The highest BCUT2D eigenvalue weighted by atomic mass is 35.5. The summed E-state index contributed by atoms with van der Waals surface area (Å²) in [6.07, 6.45) is 1.50. The van der Waals surface area contributed by atoms with Crippen molar-refractivity contribution in [2.45, 2.75) is 0 Å². The van der Waals surface area contributed by atoms with Crippen LogP contribution in [-0.2, 0) is 4.79 Å². The second-order valence-corrected chi connectivity index (χ2v) is 5.47. The molecule has 0 heterocycles. The van der Waals surface area contributed by atoms with Gasteiger partial charge in [-0.05, 0) is 23.8 Å². The molecule has 0 bridgehead atoms. The average Bonchev–Trinajstić information content (AvgIpc) is 2.63. The van der Waals surface area contributed by atoms with E-state index < -0.39 is 5.97 Å². The number of fused-ring (bicyclic) bond motifs is 1. The van der Waals surface area contributed by atoms with Gasteiger partial charge in [0, 0.05) is 15.8 Å². The fraction of sp³-hybridized carbons (Fsp3) is 0. The fourth-order valence-corrected chi connectivity index (χ4v) is 2.56. The number of nitrogens with zero attached hydrogens (tertiary/aromatic N) is 1. The summed E-state index contributed by atoms with van der Waals surface area (Å²) in [5.41, 5.74) is 0.687. The van der Waals surface area contributed by atoms with Gasteiger partial charge in [-0.3, -0.25) is 0 Å². The van der Waals surface area contributed by atoms with E-state index in [1.165, 1.54) is 6.08 Å². The number of carbonyl (C=O) groups is 1. The molecule has 0 saturated heterocycles. The molecule has 0 radical (unpaired) electrons. The number of benzene rings is 3. The Hall–Kier alpha value is -3.09. The number of halogens is 1. The summed E-state index contributed by atoms with van der Waals surface area (Å²) in [6, 6.07) is 21.7. The maximum Gasteiger partial charge on any atom is 0.354 e. The number of rotatable bonds is 3. The van der Waals surface area contributed by atoms with Crippen LogP contribution in [0.1, 0.15) is 5.56 Å². The first-order valence-corrected chi connectivity index (χ1v) is 7.63. The summed E-state index contributed by atoms with van der Waals surface area (Å²) in [5.74, 6) is -0.331. The van der Waals surface area contributed by atoms with Crippen LogP contribution in [-0.4, -0.2) is 5.97 Å². The van der Waals surface area contributed by atoms with Gasteiger partial charge >= 0.3 is 5.97 Å². The van der Waals surface area contributed by atoms with Crippen molar-refractivity contribution in [2.75, 3.05) is 0 Å². The summed E-state index contributed by atoms with van der Waals surface area (Å²) >= 11 is 6.16. The minimum atomic E-state index is -0.700. The molecule has 0 amide bonds. The van der Waals surface area contributed by atoms with Gasteiger partial charge in [-0.1, -0.05) is 66.2 Å². The lowest BCUT2D eigenvalue weighted by Crippen LogP contribution is -2.10. The van der Waals surface area contributed by atoms with E-state index in [0.29, 0.717) is 10.8 Å². The molecule has 3 aromatic carbocycles. The Morgan fingerprint density at radius 2 is 1.62 bits per heavy atom. The summed E-state index contributed by atoms with van der Waals surface area (Å²) in [5, 5.41) is 11.3. The number of ether oxygens (including phenoxy) is 1. The van der Waals surface area contributed by atoms with Gasteiger partial charge in [0.25, 0.3) is 0 Å². The molecule has 24 heavy (non-hydrogen) atoms. The van der Waals surface area contributed by atoms with Gasteiger partial charge in [0.05, 0.1) is 0 Å². The predicted octanol–water partition coefficient (Wildman–Crippen LogP) is 5.01. The summed E-state index contributed by atoms with van der Waals surface area (Å²) in [4.78, 5) is 12.3. The van der Waals surface area contributed by atoms with Crippen LogP contribution in [0.2, 0.25) is 5.02 Å².